The molecule has 0 spiro atoms. The highest BCUT2D eigenvalue weighted by Crippen LogP contribution is 2.51. The van der Waals surface area contributed by atoms with Crippen LogP contribution in [0.3, 0.4) is 0 Å². The summed E-state index contributed by atoms with van der Waals surface area (Å²) in [4.78, 5) is 0. The number of fused-ring (bicyclic) bond motifs is 9. The van der Waals surface area contributed by atoms with Gasteiger partial charge in [0.25, 0.3) is 0 Å². The lowest BCUT2D eigenvalue weighted by atomic mass is 9.90. The van der Waals surface area contributed by atoms with Crippen LogP contribution in [0.1, 0.15) is 13.7 Å². The summed E-state index contributed by atoms with van der Waals surface area (Å²) in [6.45, 7) is 0. The first kappa shape index (κ1) is 18.7. The summed E-state index contributed by atoms with van der Waals surface area (Å²) in [5.41, 5.74) is 6.63. The van der Waals surface area contributed by atoms with Crippen molar-refractivity contribution in [1.29, 1.82) is 0 Å². The van der Waals surface area contributed by atoms with E-state index in [9.17, 15) is 0 Å². The average Bonchev–Trinajstić information content (AvgIpc) is 3.76. The molecule has 0 fully saturated rings. The lowest BCUT2D eigenvalue weighted by Crippen LogP contribution is -1.99. The van der Waals surface area contributed by atoms with Gasteiger partial charge >= 0.3 is 0 Å². The molecule has 0 radical (unpaired) electrons. The highest BCUT2D eigenvalue weighted by molar-refractivity contribution is 6.25. The van der Waals surface area contributed by atoms with Gasteiger partial charge < -0.3 is 13.9 Å². The summed E-state index contributed by atoms with van der Waals surface area (Å²) in [6.07, 6.45) is 0. The van der Waals surface area contributed by atoms with Crippen LogP contribution in [0.25, 0.3) is 88.0 Å². The molecule has 10 aromatic rings. The van der Waals surface area contributed by atoms with Gasteiger partial charge in [-0.15, -0.1) is 0 Å². The topological polar surface area (TPSA) is 19.1 Å². The smallest absolute Gasteiger partial charge is 0.138 e. The van der Waals surface area contributed by atoms with Crippen LogP contribution >= 0.6 is 0 Å². The van der Waals surface area contributed by atoms with E-state index in [0.717, 1.165) is 60.1 Å². The zero-order valence-electron chi connectivity index (χ0n) is 35.7. The minimum absolute atomic E-state index is 0.0687. The number of para-hydroxylation sites is 4. The summed E-state index contributed by atoms with van der Waals surface area (Å²) in [5.74, 6) is 1.22. The van der Waals surface area contributed by atoms with Crippen molar-refractivity contribution in [3.8, 4) is 45.1 Å². The number of nitrogens with zero attached hydrogens (tertiary/aromatic N) is 2. The molecule has 0 atom stereocenters. The molecule has 228 valence electrons. The normalized spacial score (nSPS) is 15.1. The zero-order valence-corrected chi connectivity index (χ0v) is 25.7. The van der Waals surface area contributed by atoms with Crippen molar-refractivity contribution in [3.63, 3.8) is 0 Å². The van der Waals surface area contributed by atoms with Crippen molar-refractivity contribution in [2.45, 2.75) is 0 Å². The van der Waals surface area contributed by atoms with Gasteiger partial charge in [-0.1, -0.05) is 103 Å². The molecule has 2 aromatic heterocycles. The summed E-state index contributed by atoms with van der Waals surface area (Å²) in [5, 5.41) is 5.28. The molecule has 0 aliphatic carbocycles. The molecule has 0 amide bonds. The molecule has 0 unspecified atom stereocenters. The van der Waals surface area contributed by atoms with Gasteiger partial charge in [-0.3, -0.25) is 0 Å². The molecule has 0 saturated carbocycles. The first-order valence-corrected chi connectivity index (χ1v) is 16.0. The Bertz CT molecular complexity index is 3490. The highest BCUT2D eigenvalue weighted by Gasteiger charge is 2.25. The van der Waals surface area contributed by atoms with Crippen molar-refractivity contribution in [2.75, 3.05) is 0 Å². The van der Waals surface area contributed by atoms with Crippen molar-refractivity contribution in [2.24, 2.45) is 0 Å². The molecule has 49 heavy (non-hydrogen) atoms. The Morgan fingerprint density at radius 1 is 0.408 bits per heavy atom. The van der Waals surface area contributed by atoms with Gasteiger partial charge in [-0.2, -0.15) is 0 Å². The van der Waals surface area contributed by atoms with Crippen LogP contribution in [0.4, 0.5) is 0 Å². The summed E-state index contributed by atoms with van der Waals surface area (Å²) < 4.78 is 95.3. The van der Waals surface area contributed by atoms with Gasteiger partial charge in [0.05, 0.1) is 35.8 Å². The average molecular weight is 635 g/mol. The minimum atomic E-state index is -0.450. The molecule has 8 aromatic carbocycles. The Hall–Kier alpha value is -6.58. The molecular formula is C46H28N2O. The predicted molar refractivity (Wildman–Crippen MR) is 204 cm³/mol. The second-order valence-electron chi connectivity index (χ2n) is 12.2. The third-order valence-electron chi connectivity index (χ3n) is 9.68. The van der Waals surface area contributed by atoms with Crippen LogP contribution in [-0.4, -0.2) is 9.13 Å². The van der Waals surface area contributed by atoms with Crippen molar-refractivity contribution < 1.29 is 18.4 Å². The zero-order chi connectivity index (χ0) is 40.8. The van der Waals surface area contributed by atoms with Crippen LogP contribution in [-0.2, 0) is 0 Å². The maximum absolute atomic E-state index is 8.86. The molecule has 11 rings (SSSR count). The Balaban J connectivity index is 1.11. The van der Waals surface area contributed by atoms with E-state index < -0.39 is 36.3 Å². The van der Waals surface area contributed by atoms with Gasteiger partial charge in [0, 0.05) is 49.9 Å². The van der Waals surface area contributed by atoms with Gasteiger partial charge in [0.2, 0.25) is 0 Å². The van der Waals surface area contributed by atoms with Crippen LogP contribution in [0.5, 0.6) is 11.5 Å². The maximum atomic E-state index is 8.86. The SMILES string of the molecule is [2H]c1c([2H])c([2H])c(-n2c3ccccc3c3cc(-c4ccc5c(c4)-c4cccc6c4c(cc4c6c6ccccc6n4-c4c([2H])c([2H])c([2H])c([2H])c4[2H])O5)ccc32)c([2H])c1[2H]. The molecule has 1 aliphatic heterocycles. The maximum Gasteiger partial charge on any atom is 0.138 e. The number of hydrogen-bond donors (Lipinski definition) is 0. The molecule has 3 heterocycles. The first-order valence-electron chi connectivity index (χ1n) is 21.0. The van der Waals surface area contributed by atoms with E-state index in [1.165, 1.54) is 0 Å². The Labute approximate surface area is 296 Å². The Morgan fingerprint density at radius 2 is 1.02 bits per heavy atom. The lowest BCUT2D eigenvalue weighted by Gasteiger charge is -2.23. The monoisotopic (exact) mass is 634 g/mol. The van der Waals surface area contributed by atoms with Crippen molar-refractivity contribution in [3.05, 3.63) is 170 Å². The fourth-order valence-corrected chi connectivity index (χ4v) is 7.68. The fraction of sp³-hybridized carbons (Fsp3) is 0. The number of benzene rings is 8. The van der Waals surface area contributed by atoms with E-state index in [4.69, 9.17) is 18.4 Å². The fourth-order valence-electron chi connectivity index (χ4n) is 7.68. The van der Waals surface area contributed by atoms with Gasteiger partial charge in [0.1, 0.15) is 11.5 Å². The summed E-state index contributed by atoms with van der Waals surface area (Å²) in [7, 11) is 0. The lowest BCUT2D eigenvalue weighted by molar-refractivity contribution is 0.487. The second kappa shape index (κ2) is 9.96. The molecule has 3 heteroatoms. The minimum Gasteiger partial charge on any atom is -0.456 e. The van der Waals surface area contributed by atoms with Crippen molar-refractivity contribution in [1.82, 2.24) is 9.13 Å². The van der Waals surface area contributed by atoms with Gasteiger partial charge in [-0.25, -0.2) is 0 Å². The van der Waals surface area contributed by atoms with E-state index in [2.05, 4.69) is 18.2 Å². The molecule has 0 N–H and O–H groups in total. The van der Waals surface area contributed by atoms with Crippen LogP contribution in [0.2, 0.25) is 0 Å². The standard InChI is InChI=1S/C46H28N2O/c1-3-12-31(13-4-1)47-39-20-9-7-16-33(39)37-26-29(22-24-41(37)47)30-23-25-43-38(27-30)34-18-11-19-36-45-35-17-8-10-21-40(35)48(32-14-5-2-6-15-32)42(45)28-44(49-43)46(34)36/h1-28H/i1D,2D,3D,4D,5D,6D,12D,13D,14D,15D. The second-order valence-corrected chi connectivity index (χ2v) is 12.2. The van der Waals surface area contributed by atoms with Gasteiger partial charge in [-0.05, 0) is 82.6 Å². The largest absolute Gasteiger partial charge is 0.456 e. The molecular weight excluding hydrogens is 597 g/mol. The molecule has 3 nitrogen and oxygen atoms in total. The first-order chi connectivity index (χ1) is 28.5. The van der Waals surface area contributed by atoms with Crippen LogP contribution < -0.4 is 4.74 Å². The molecule has 0 saturated heterocycles. The Morgan fingerprint density at radius 3 is 1.80 bits per heavy atom. The number of rotatable bonds is 3. The van der Waals surface area contributed by atoms with E-state index >= 15 is 0 Å². The van der Waals surface area contributed by atoms with E-state index in [0.29, 0.717) is 28.0 Å². The quantitative estimate of drug-likeness (QED) is 0.189. The number of ether oxygens (including phenoxy) is 1. The molecule has 0 bridgehead atoms. The number of hydrogen-bond acceptors (Lipinski definition) is 1. The molecule has 1 aliphatic rings. The summed E-state index contributed by atoms with van der Waals surface area (Å²) in [6, 6.07) is 31.7. The number of aromatic nitrogens is 2. The Kier molecular flexibility index (Phi) is 3.80. The summed E-state index contributed by atoms with van der Waals surface area (Å²) >= 11 is 0. The highest BCUT2D eigenvalue weighted by atomic mass is 16.5. The predicted octanol–water partition coefficient (Wildman–Crippen LogP) is 12.5. The van der Waals surface area contributed by atoms with E-state index in [1.807, 2.05) is 91.0 Å². The van der Waals surface area contributed by atoms with Gasteiger partial charge in [0.15, 0.2) is 0 Å². The third kappa shape index (κ3) is 3.73. The van der Waals surface area contributed by atoms with Crippen LogP contribution in [0.15, 0.2) is 170 Å². The van der Waals surface area contributed by atoms with E-state index in [-0.39, 0.29) is 35.5 Å². The van der Waals surface area contributed by atoms with Crippen LogP contribution in [0, 0.1) is 0 Å². The third-order valence-corrected chi connectivity index (χ3v) is 9.68. The van der Waals surface area contributed by atoms with Crippen molar-refractivity contribution >= 4 is 54.4 Å². The van der Waals surface area contributed by atoms with E-state index in [1.54, 1.807) is 9.13 Å².